The first-order valence-electron chi connectivity index (χ1n) is 10.7. The molecule has 1 saturated carbocycles. The number of halogens is 2. The van der Waals surface area contributed by atoms with Gasteiger partial charge in [-0.2, -0.15) is 5.26 Å². The van der Waals surface area contributed by atoms with Crippen LogP contribution in [0, 0.1) is 23.1 Å². The van der Waals surface area contributed by atoms with E-state index in [2.05, 4.69) is 26.0 Å². The smallest absolute Gasteiger partial charge is 0.290 e. The lowest BCUT2D eigenvalue weighted by atomic mass is 9.89. The van der Waals surface area contributed by atoms with Crippen molar-refractivity contribution < 1.29 is 22.7 Å². The second-order valence-corrected chi connectivity index (χ2v) is 11.0. The number of thiazole rings is 1. The average molecular weight is 530 g/mol. The fourth-order valence-electron chi connectivity index (χ4n) is 4.40. The predicted molar refractivity (Wildman–Crippen MR) is 128 cm³/mol. The Labute approximate surface area is 206 Å². The molecule has 1 aliphatic carbocycles. The largest absolute Gasteiger partial charge is 0.483 e. The minimum atomic E-state index is -4.15. The first-order chi connectivity index (χ1) is 16.3. The van der Waals surface area contributed by atoms with Crippen LogP contribution in [0.1, 0.15) is 32.1 Å². The summed E-state index contributed by atoms with van der Waals surface area (Å²) in [5.41, 5.74) is 0.375. The number of hydrogen-bond donors (Lipinski definition) is 3. The van der Waals surface area contributed by atoms with E-state index in [0.717, 1.165) is 68.7 Å². The van der Waals surface area contributed by atoms with E-state index in [0.29, 0.717) is 5.69 Å². The van der Waals surface area contributed by atoms with E-state index in [1.165, 1.54) is 6.20 Å². The third-order valence-electron chi connectivity index (χ3n) is 5.91. The summed E-state index contributed by atoms with van der Waals surface area (Å²) in [6.45, 7) is 1.38. The molecule has 3 atom stereocenters. The summed E-state index contributed by atoms with van der Waals surface area (Å²) in [5.74, 6) is -0.826. The number of rotatable bonds is 6. The van der Waals surface area contributed by atoms with E-state index in [4.69, 9.17) is 21.5 Å². The van der Waals surface area contributed by atoms with Gasteiger partial charge in [0.1, 0.15) is 10.7 Å². The van der Waals surface area contributed by atoms with Crippen molar-refractivity contribution in [2.24, 2.45) is 5.92 Å². The second-order valence-electron chi connectivity index (χ2n) is 8.02. The highest BCUT2D eigenvalue weighted by Crippen LogP contribution is 2.34. The van der Waals surface area contributed by atoms with Crippen molar-refractivity contribution in [2.45, 2.75) is 49.1 Å². The van der Waals surface area contributed by atoms with E-state index in [-0.39, 0.29) is 34.6 Å². The summed E-state index contributed by atoms with van der Waals surface area (Å²) in [6.07, 6.45) is 6.39. The Morgan fingerprint density at radius 1 is 1.32 bits per heavy atom. The first-order valence-corrected chi connectivity index (χ1v) is 13.4. The van der Waals surface area contributed by atoms with Crippen LogP contribution in [0.25, 0.3) is 0 Å². The van der Waals surface area contributed by atoms with Crippen LogP contribution in [0.5, 0.6) is 0 Å². The fourth-order valence-corrected chi connectivity index (χ4v) is 6.56. The van der Waals surface area contributed by atoms with Gasteiger partial charge in [-0.3, -0.25) is 14.4 Å². The third-order valence-corrected chi connectivity index (χ3v) is 8.39. The molecule has 3 N–H and O–H groups in total. The fraction of sp³-hybridized carbons (Fsp3) is 0.476. The average Bonchev–Trinajstić information content (AvgIpc) is 3.48. The number of nitrogens with one attached hydrogen (secondary N) is 2. The molecule has 13 heteroatoms. The quantitative estimate of drug-likeness (QED) is 0.478. The van der Waals surface area contributed by atoms with Crippen molar-refractivity contribution in [1.29, 1.82) is 5.26 Å². The maximum absolute atomic E-state index is 14.8. The minimum absolute atomic E-state index is 0.0541. The maximum Gasteiger partial charge on any atom is 0.290 e. The molecule has 1 aromatic carbocycles. The number of hydrogen-bond acceptors (Lipinski definition) is 8. The second kappa shape index (κ2) is 11.8. The highest BCUT2D eigenvalue weighted by Gasteiger charge is 2.35. The zero-order valence-corrected chi connectivity index (χ0v) is 20.5. The molecular weight excluding hydrogens is 505 g/mol. The van der Waals surface area contributed by atoms with Gasteiger partial charge in [0.05, 0.1) is 22.7 Å². The molecule has 0 amide bonds. The number of carbonyl (C=O) groups is 1. The van der Waals surface area contributed by atoms with Gasteiger partial charge in [-0.25, -0.2) is 17.8 Å². The molecule has 1 aliphatic heterocycles. The summed E-state index contributed by atoms with van der Waals surface area (Å²) >= 11 is 7.47. The van der Waals surface area contributed by atoms with E-state index < -0.39 is 20.7 Å². The molecule has 0 spiro atoms. The Bertz CT molecular complexity index is 1130. The Kier molecular flexibility index (Phi) is 9.07. The van der Waals surface area contributed by atoms with Crippen LogP contribution >= 0.6 is 22.9 Å². The molecule has 1 saturated heterocycles. The van der Waals surface area contributed by atoms with Gasteiger partial charge in [-0.1, -0.05) is 24.4 Å². The zero-order valence-electron chi connectivity index (χ0n) is 18.2. The molecule has 0 bridgehead atoms. The summed E-state index contributed by atoms with van der Waals surface area (Å²) < 4.78 is 42.2. The van der Waals surface area contributed by atoms with Crippen molar-refractivity contribution in [3.8, 4) is 6.07 Å². The van der Waals surface area contributed by atoms with Crippen LogP contribution in [-0.4, -0.2) is 55.1 Å². The number of aromatic nitrogens is 1. The van der Waals surface area contributed by atoms with Crippen LogP contribution in [0.4, 0.5) is 15.2 Å². The van der Waals surface area contributed by atoms with Gasteiger partial charge in [-0.05, 0) is 37.9 Å². The molecule has 1 unspecified atom stereocenters. The molecule has 2 fully saturated rings. The standard InChI is InChI=1S/C20H23ClFN5O2S2.CH2O2/c21-14-9-19(31(28,29)26-20-24-6-8-30-20)15(22)10-17(14)25-16-3-1-2-4-18(16)27-7-5-13(11-23)12-27;2-1-3/h6,8-10,13,16,18,25H,1-5,7,12H2,(H,24,26);1H,(H,2,3)/t13?,16-,18-;/m0./s1. The maximum atomic E-state index is 14.8. The molecule has 2 aromatic rings. The molecule has 4 rings (SSSR count). The van der Waals surface area contributed by atoms with Gasteiger partial charge in [0.2, 0.25) is 0 Å². The summed E-state index contributed by atoms with van der Waals surface area (Å²) in [6, 6.07) is 4.92. The van der Waals surface area contributed by atoms with Crippen LogP contribution in [0.3, 0.4) is 0 Å². The number of nitriles is 1. The zero-order chi connectivity index (χ0) is 24.7. The molecule has 9 nitrogen and oxygen atoms in total. The van der Waals surface area contributed by atoms with Crippen LogP contribution in [0.2, 0.25) is 5.02 Å². The monoisotopic (exact) mass is 529 g/mol. The van der Waals surface area contributed by atoms with E-state index in [9.17, 15) is 18.1 Å². The van der Waals surface area contributed by atoms with Crippen molar-refractivity contribution in [3.05, 3.63) is 34.5 Å². The Morgan fingerprint density at radius 3 is 2.71 bits per heavy atom. The van der Waals surface area contributed by atoms with Crippen LogP contribution < -0.4 is 10.0 Å². The SMILES string of the molecule is N#CC1CCN([C@H]2CCCC[C@@H]2Nc2cc(F)c(S(=O)(=O)Nc3nccs3)cc2Cl)C1.O=CO. The normalized spacial score (nSPS) is 22.8. The first kappa shape index (κ1) is 26.2. The Morgan fingerprint density at radius 2 is 2.06 bits per heavy atom. The van der Waals surface area contributed by atoms with Gasteiger partial charge >= 0.3 is 0 Å². The highest BCUT2D eigenvalue weighted by molar-refractivity contribution is 7.93. The number of carboxylic acid groups (broad SMARTS) is 1. The molecule has 0 radical (unpaired) electrons. The van der Waals surface area contributed by atoms with Crippen molar-refractivity contribution in [2.75, 3.05) is 23.1 Å². The summed E-state index contributed by atoms with van der Waals surface area (Å²) in [7, 11) is -4.15. The van der Waals surface area contributed by atoms with E-state index in [1.807, 2.05) is 0 Å². The Hall–Kier alpha value is -2.46. The van der Waals surface area contributed by atoms with Crippen LogP contribution in [-0.2, 0) is 14.8 Å². The molecule has 2 aliphatic rings. The summed E-state index contributed by atoms with van der Waals surface area (Å²) in [5, 5.41) is 21.4. The van der Waals surface area contributed by atoms with Gasteiger partial charge in [0.15, 0.2) is 5.13 Å². The minimum Gasteiger partial charge on any atom is -0.483 e. The molecule has 184 valence electrons. The number of benzene rings is 1. The van der Waals surface area contributed by atoms with E-state index in [1.54, 1.807) is 5.38 Å². The third kappa shape index (κ3) is 6.35. The lowest BCUT2D eigenvalue weighted by Crippen LogP contribution is -2.48. The van der Waals surface area contributed by atoms with Crippen LogP contribution in [0.15, 0.2) is 28.6 Å². The molecule has 34 heavy (non-hydrogen) atoms. The topological polar surface area (TPSA) is 135 Å². The number of likely N-dealkylation sites (tertiary alicyclic amines) is 1. The Balaban J connectivity index is 0.00000103. The van der Waals surface area contributed by atoms with Gasteiger partial charge in [0.25, 0.3) is 16.5 Å². The van der Waals surface area contributed by atoms with Gasteiger partial charge in [-0.15, -0.1) is 11.3 Å². The number of sulfonamides is 1. The van der Waals surface area contributed by atoms with Gasteiger partial charge in [0, 0.05) is 30.2 Å². The van der Waals surface area contributed by atoms with E-state index >= 15 is 0 Å². The molecule has 2 heterocycles. The molecule has 1 aromatic heterocycles. The number of nitrogens with zero attached hydrogens (tertiary/aromatic N) is 3. The summed E-state index contributed by atoms with van der Waals surface area (Å²) in [4.78, 5) is 14.0. The predicted octanol–water partition coefficient (Wildman–Crippen LogP) is 4.01. The van der Waals surface area contributed by atoms with Gasteiger partial charge < -0.3 is 10.4 Å². The van der Waals surface area contributed by atoms with Crippen molar-refractivity contribution in [1.82, 2.24) is 9.88 Å². The lowest BCUT2D eigenvalue weighted by molar-refractivity contribution is -0.122. The molecular formula is C21H25ClFN5O4S2. The van der Waals surface area contributed by atoms with Crippen molar-refractivity contribution in [3.63, 3.8) is 0 Å². The number of anilines is 2. The van der Waals surface area contributed by atoms with Crippen molar-refractivity contribution >= 4 is 50.3 Å². The lowest BCUT2D eigenvalue weighted by Gasteiger charge is -2.39. The highest BCUT2D eigenvalue weighted by atomic mass is 35.5.